The zero-order valence-corrected chi connectivity index (χ0v) is 16.8. The van der Waals surface area contributed by atoms with Crippen LogP contribution in [-0.4, -0.2) is 33.9 Å². The number of carbonyl (C=O) groups excluding carboxylic acids is 1. The van der Waals surface area contributed by atoms with Crippen LogP contribution in [0, 0.1) is 0 Å². The molecule has 0 bridgehead atoms. The summed E-state index contributed by atoms with van der Waals surface area (Å²) in [5.41, 5.74) is 2.65. The lowest BCUT2D eigenvalue weighted by Crippen LogP contribution is -2.40. The van der Waals surface area contributed by atoms with Gasteiger partial charge in [-0.2, -0.15) is 0 Å². The summed E-state index contributed by atoms with van der Waals surface area (Å²) in [5.74, 6) is 1.18. The van der Waals surface area contributed by atoms with E-state index in [2.05, 4.69) is 9.97 Å². The molecule has 1 aliphatic heterocycles. The number of hydrogen-bond acceptors (Lipinski definition) is 2. The number of nitrogens with one attached hydrogen (secondary N) is 1. The fourth-order valence-corrected chi connectivity index (χ4v) is 4.36. The third-order valence-electron chi connectivity index (χ3n) is 4.90. The Labute approximate surface area is 172 Å². The third-order valence-corrected chi connectivity index (χ3v) is 5.57. The van der Waals surface area contributed by atoms with Crippen molar-refractivity contribution in [3.05, 3.63) is 62.9 Å². The minimum Gasteiger partial charge on any atom is -0.342 e. The number of benzene rings is 2. The molecule has 0 spiro atoms. The van der Waals surface area contributed by atoms with Gasteiger partial charge < -0.3 is 9.88 Å². The molecule has 4 nitrogen and oxygen atoms in total. The van der Waals surface area contributed by atoms with Gasteiger partial charge >= 0.3 is 0 Å². The SMILES string of the molecule is O=C(Cc1cc(Cl)cc(Cl)c1)N1CCC[C@H](c2nc3cc(Cl)ccc3[nH]2)C1. The van der Waals surface area contributed by atoms with Crippen LogP contribution < -0.4 is 0 Å². The van der Waals surface area contributed by atoms with Gasteiger partial charge in [-0.05, 0) is 54.8 Å². The summed E-state index contributed by atoms with van der Waals surface area (Å²) >= 11 is 18.1. The number of piperidine rings is 1. The predicted molar refractivity (Wildman–Crippen MR) is 110 cm³/mol. The highest BCUT2D eigenvalue weighted by atomic mass is 35.5. The average molecular weight is 423 g/mol. The lowest BCUT2D eigenvalue weighted by atomic mass is 9.96. The molecule has 140 valence electrons. The van der Waals surface area contributed by atoms with E-state index in [-0.39, 0.29) is 11.8 Å². The minimum atomic E-state index is 0.0807. The van der Waals surface area contributed by atoms with Crippen LogP contribution in [0.2, 0.25) is 15.1 Å². The van der Waals surface area contributed by atoms with E-state index in [4.69, 9.17) is 34.8 Å². The fraction of sp³-hybridized carbons (Fsp3) is 0.300. The number of halogens is 3. The van der Waals surface area contributed by atoms with Crippen LogP contribution in [-0.2, 0) is 11.2 Å². The van der Waals surface area contributed by atoms with E-state index in [1.807, 2.05) is 23.1 Å². The quantitative estimate of drug-likeness (QED) is 0.608. The molecule has 1 N–H and O–H groups in total. The van der Waals surface area contributed by atoms with E-state index in [1.54, 1.807) is 18.2 Å². The highest BCUT2D eigenvalue weighted by Gasteiger charge is 2.27. The van der Waals surface area contributed by atoms with Crippen LogP contribution in [0.15, 0.2) is 36.4 Å². The number of fused-ring (bicyclic) bond motifs is 1. The van der Waals surface area contributed by atoms with E-state index < -0.39 is 0 Å². The number of hydrogen-bond donors (Lipinski definition) is 1. The molecule has 0 aliphatic carbocycles. The van der Waals surface area contributed by atoms with Crippen LogP contribution in [0.1, 0.15) is 30.1 Å². The molecule has 1 aliphatic rings. The number of amides is 1. The molecule has 1 saturated heterocycles. The Morgan fingerprint density at radius 2 is 1.89 bits per heavy atom. The van der Waals surface area contributed by atoms with E-state index in [9.17, 15) is 4.79 Å². The highest BCUT2D eigenvalue weighted by molar-refractivity contribution is 6.34. The lowest BCUT2D eigenvalue weighted by Gasteiger charge is -2.32. The van der Waals surface area contributed by atoms with Gasteiger partial charge in [-0.3, -0.25) is 4.79 Å². The number of carbonyl (C=O) groups is 1. The molecule has 27 heavy (non-hydrogen) atoms. The monoisotopic (exact) mass is 421 g/mol. The van der Waals surface area contributed by atoms with Crippen LogP contribution >= 0.6 is 34.8 Å². The minimum absolute atomic E-state index is 0.0807. The molecule has 0 saturated carbocycles. The molecule has 0 radical (unpaired) electrons. The lowest BCUT2D eigenvalue weighted by molar-refractivity contribution is -0.131. The zero-order chi connectivity index (χ0) is 19.0. The van der Waals surface area contributed by atoms with Gasteiger partial charge in [0, 0.05) is 34.1 Å². The Bertz CT molecular complexity index is 981. The van der Waals surface area contributed by atoms with E-state index >= 15 is 0 Å². The van der Waals surface area contributed by atoms with Crippen LogP contribution in [0.5, 0.6) is 0 Å². The molecular formula is C20H18Cl3N3O. The first kappa shape index (κ1) is 18.6. The van der Waals surface area contributed by atoms with Crippen molar-refractivity contribution in [2.24, 2.45) is 0 Å². The van der Waals surface area contributed by atoms with Gasteiger partial charge in [-0.15, -0.1) is 0 Å². The predicted octanol–water partition coefficient (Wildman–Crippen LogP) is 5.47. The molecule has 3 aromatic rings. The molecular weight excluding hydrogens is 405 g/mol. The first-order valence-corrected chi connectivity index (χ1v) is 9.99. The second kappa shape index (κ2) is 7.70. The fourth-order valence-electron chi connectivity index (χ4n) is 3.62. The standard InChI is InChI=1S/C20H18Cl3N3O/c21-14-3-4-17-18(10-14)25-20(24-17)13-2-1-5-26(11-13)19(27)8-12-6-15(22)9-16(23)7-12/h3-4,6-7,9-10,13H,1-2,5,8,11H2,(H,24,25)/t13-/m0/s1. The first-order valence-electron chi connectivity index (χ1n) is 8.86. The molecule has 1 atom stereocenters. The first-order chi connectivity index (χ1) is 13.0. The van der Waals surface area contributed by atoms with E-state index in [0.717, 1.165) is 41.8 Å². The van der Waals surface area contributed by atoms with Crippen molar-refractivity contribution in [3.8, 4) is 0 Å². The van der Waals surface area contributed by atoms with Gasteiger partial charge in [-0.1, -0.05) is 34.8 Å². The average Bonchev–Trinajstić information content (AvgIpc) is 3.04. The number of aromatic amines is 1. The van der Waals surface area contributed by atoms with Gasteiger partial charge in [0.05, 0.1) is 17.5 Å². The van der Waals surface area contributed by atoms with Crippen molar-refractivity contribution in [2.75, 3.05) is 13.1 Å². The zero-order valence-electron chi connectivity index (χ0n) is 14.5. The molecule has 0 unspecified atom stereocenters. The summed E-state index contributed by atoms with van der Waals surface area (Å²) in [6.45, 7) is 1.41. The van der Waals surface area contributed by atoms with Crippen LogP contribution in [0.3, 0.4) is 0 Å². The Morgan fingerprint density at radius 1 is 1.11 bits per heavy atom. The number of rotatable bonds is 3. The maximum absolute atomic E-state index is 12.8. The largest absolute Gasteiger partial charge is 0.342 e. The molecule has 1 aromatic heterocycles. The van der Waals surface area contributed by atoms with E-state index in [0.29, 0.717) is 28.0 Å². The van der Waals surface area contributed by atoms with Gasteiger partial charge in [-0.25, -0.2) is 4.98 Å². The molecule has 2 heterocycles. The van der Waals surface area contributed by atoms with Crippen LogP contribution in [0.25, 0.3) is 11.0 Å². The molecule has 1 fully saturated rings. The van der Waals surface area contributed by atoms with Crippen molar-refractivity contribution in [2.45, 2.75) is 25.2 Å². The van der Waals surface area contributed by atoms with Gasteiger partial charge in [0.25, 0.3) is 0 Å². The van der Waals surface area contributed by atoms with Gasteiger partial charge in [0.2, 0.25) is 5.91 Å². The number of likely N-dealkylation sites (tertiary alicyclic amines) is 1. The molecule has 1 amide bonds. The normalized spacial score (nSPS) is 17.4. The van der Waals surface area contributed by atoms with Crippen molar-refractivity contribution in [1.29, 1.82) is 0 Å². The van der Waals surface area contributed by atoms with E-state index in [1.165, 1.54) is 0 Å². The summed E-state index contributed by atoms with van der Waals surface area (Å²) in [6.07, 6.45) is 2.24. The maximum atomic E-state index is 12.8. The molecule has 4 rings (SSSR count). The highest BCUT2D eigenvalue weighted by Crippen LogP contribution is 2.28. The second-order valence-corrected chi connectivity index (χ2v) is 8.23. The summed E-state index contributed by atoms with van der Waals surface area (Å²) in [7, 11) is 0. The van der Waals surface area contributed by atoms with Gasteiger partial charge in [0.1, 0.15) is 5.82 Å². The number of imidazole rings is 1. The number of nitrogens with zero attached hydrogens (tertiary/aromatic N) is 2. The van der Waals surface area contributed by atoms with Crippen molar-refractivity contribution in [3.63, 3.8) is 0 Å². The third kappa shape index (κ3) is 4.23. The van der Waals surface area contributed by atoms with Crippen LogP contribution in [0.4, 0.5) is 0 Å². The Balaban J connectivity index is 1.48. The Morgan fingerprint density at radius 3 is 2.67 bits per heavy atom. The Kier molecular flexibility index (Phi) is 5.31. The molecule has 7 heteroatoms. The summed E-state index contributed by atoms with van der Waals surface area (Å²) < 4.78 is 0. The van der Waals surface area contributed by atoms with Gasteiger partial charge in [0.15, 0.2) is 0 Å². The van der Waals surface area contributed by atoms with Crippen molar-refractivity contribution >= 4 is 51.7 Å². The van der Waals surface area contributed by atoms with Crippen molar-refractivity contribution < 1.29 is 4.79 Å². The smallest absolute Gasteiger partial charge is 0.227 e. The summed E-state index contributed by atoms with van der Waals surface area (Å²) in [6, 6.07) is 10.9. The number of H-pyrrole nitrogens is 1. The summed E-state index contributed by atoms with van der Waals surface area (Å²) in [4.78, 5) is 22.7. The summed E-state index contributed by atoms with van der Waals surface area (Å²) in [5, 5.41) is 1.76. The van der Waals surface area contributed by atoms with Crippen molar-refractivity contribution in [1.82, 2.24) is 14.9 Å². The topological polar surface area (TPSA) is 49.0 Å². The molecule has 2 aromatic carbocycles. The number of aromatic nitrogens is 2. The maximum Gasteiger partial charge on any atom is 0.227 e. The Hall–Kier alpha value is -1.75. The second-order valence-electron chi connectivity index (χ2n) is 6.92.